The number of hydrogen-bond acceptors (Lipinski definition) is 6. The SMILES string of the molecule is COc1ccc(C(=O)Nc2nc(C(=O)Nc3cccc4c(O)cccc34)cs2)cc1. The van der Waals surface area contributed by atoms with Crippen LogP contribution in [0.5, 0.6) is 11.5 Å². The van der Waals surface area contributed by atoms with Gasteiger partial charge >= 0.3 is 0 Å². The lowest BCUT2D eigenvalue weighted by Crippen LogP contribution is -2.14. The van der Waals surface area contributed by atoms with E-state index in [2.05, 4.69) is 15.6 Å². The van der Waals surface area contributed by atoms with E-state index in [9.17, 15) is 14.7 Å². The summed E-state index contributed by atoms with van der Waals surface area (Å²) >= 11 is 1.16. The van der Waals surface area contributed by atoms with Crippen LogP contribution in [0.2, 0.25) is 0 Å². The Labute approximate surface area is 176 Å². The molecule has 0 aliphatic rings. The van der Waals surface area contributed by atoms with Crippen molar-refractivity contribution < 1.29 is 19.4 Å². The van der Waals surface area contributed by atoms with Crippen molar-refractivity contribution in [2.24, 2.45) is 0 Å². The normalized spacial score (nSPS) is 10.6. The van der Waals surface area contributed by atoms with Crippen LogP contribution in [0, 0.1) is 0 Å². The molecule has 8 heteroatoms. The molecule has 2 amide bonds. The van der Waals surface area contributed by atoms with Crippen LogP contribution >= 0.6 is 11.3 Å². The van der Waals surface area contributed by atoms with Gasteiger partial charge < -0.3 is 15.2 Å². The standard InChI is InChI=1S/C22H17N3O4S/c1-29-14-10-8-13(9-11-14)20(27)25-22-24-18(12-30-22)21(28)23-17-6-2-5-16-15(17)4-3-7-19(16)26/h2-12,26H,1H3,(H,23,28)(H,24,25,27). The smallest absolute Gasteiger partial charge is 0.275 e. The lowest BCUT2D eigenvalue weighted by atomic mass is 10.1. The fourth-order valence-electron chi connectivity index (χ4n) is 2.94. The van der Waals surface area contributed by atoms with E-state index in [0.29, 0.717) is 32.9 Å². The third-order valence-electron chi connectivity index (χ3n) is 4.46. The number of carbonyl (C=O) groups is 2. The molecule has 0 saturated carbocycles. The van der Waals surface area contributed by atoms with Gasteiger partial charge in [-0.05, 0) is 36.4 Å². The Bertz CT molecular complexity index is 1230. The Morgan fingerprint density at radius 1 is 0.933 bits per heavy atom. The van der Waals surface area contributed by atoms with Gasteiger partial charge in [-0.3, -0.25) is 14.9 Å². The number of thiazole rings is 1. The van der Waals surface area contributed by atoms with Gasteiger partial charge in [0.25, 0.3) is 11.8 Å². The number of anilines is 2. The summed E-state index contributed by atoms with van der Waals surface area (Å²) in [6, 6.07) is 17.1. The summed E-state index contributed by atoms with van der Waals surface area (Å²) < 4.78 is 5.08. The summed E-state index contributed by atoms with van der Waals surface area (Å²) in [5.74, 6) is 0.0535. The van der Waals surface area contributed by atoms with Crippen LogP contribution in [0.25, 0.3) is 10.8 Å². The van der Waals surface area contributed by atoms with E-state index in [1.54, 1.807) is 67.1 Å². The first-order valence-electron chi connectivity index (χ1n) is 8.98. The van der Waals surface area contributed by atoms with Crippen molar-refractivity contribution in [1.82, 2.24) is 4.98 Å². The molecule has 3 N–H and O–H groups in total. The Hall–Kier alpha value is -3.91. The fraction of sp³-hybridized carbons (Fsp3) is 0.0455. The molecular formula is C22H17N3O4S. The molecule has 0 atom stereocenters. The molecule has 0 bridgehead atoms. The molecule has 30 heavy (non-hydrogen) atoms. The monoisotopic (exact) mass is 419 g/mol. The summed E-state index contributed by atoms with van der Waals surface area (Å²) in [5, 5.41) is 18.7. The van der Waals surface area contributed by atoms with Gasteiger partial charge in [0.1, 0.15) is 17.2 Å². The van der Waals surface area contributed by atoms with Crippen LogP contribution in [0.1, 0.15) is 20.8 Å². The van der Waals surface area contributed by atoms with E-state index < -0.39 is 5.91 Å². The van der Waals surface area contributed by atoms with Crippen LogP contribution in [-0.4, -0.2) is 29.0 Å². The summed E-state index contributed by atoms with van der Waals surface area (Å²) in [7, 11) is 1.55. The van der Waals surface area contributed by atoms with Crippen LogP contribution in [0.15, 0.2) is 66.0 Å². The second-order valence-corrected chi connectivity index (χ2v) is 7.21. The Kier molecular flexibility index (Phi) is 5.32. The number of rotatable bonds is 5. The largest absolute Gasteiger partial charge is 0.507 e. The number of ether oxygens (including phenoxy) is 1. The molecule has 7 nitrogen and oxygen atoms in total. The molecule has 0 spiro atoms. The highest BCUT2D eigenvalue weighted by Gasteiger charge is 2.15. The maximum atomic E-state index is 12.6. The minimum absolute atomic E-state index is 0.140. The number of phenols is 1. The highest BCUT2D eigenvalue weighted by atomic mass is 32.1. The summed E-state index contributed by atoms with van der Waals surface area (Å²) in [4.78, 5) is 29.2. The topological polar surface area (TPSA) is 101 Å². The van der Waals surface area contributed by atoms with Crippen molar-refractivity contribution in [2.75, 3.05) is 17.7 Å². The average molecular weight is 419 g/mol. The van der Waals surface area contributed by atoms with Gasteiger partial charge in [-0.25, -0.2) is 4.98 Å². The molecule has 0 radical (unpaired) electrons. The molecule has 150 valence electrons. The van der Waals surface area contributed by atoms with E-state index in [4.69, 9.17) is 4.74 Å². The summed E-state index contributed by atoms with van der Waals surface area (Å²) in [6.45, 7) is 0. The molecule has 0 aliphatic heterocycles. The number of phenolic OH excluding ortho intramolecular Hbond substituents is 1. The molecule has 4 aromatic rings. The average Bonchev–Trinajstić information content (AvgIpc) is 3.23. The summed E-state index contributed by atoms with van der Waals surface area (Å²) in [6.07, 6.45) is 0. The van der Waals surface area contributed by atoms with E-state index in [-0.39, 0.29) is 17.4 Å². The van der Waals surface area contributed by atoms with Gasteiger partial charge in [-0.15, -0.1) is 11.3 Å². The maximum Gasteiger partial charge on any atom is 0.275 e. The molecule has 0 saturated heterocycles. The van der Waals surface area contributed by atoms with Crippen LogP contribution < -0.4 is 15.4 Å². The number of nitrogens with one attached hydrogen (secondary N) is 2. The van der Waals surface area contributed by atoms with Gasteiger partial charge in [0.05, 0.1) is 7.11 Å². The third-order valence-corrected chi connectivity index (χ3v) is 5.21. The number of fused-ring (bicyclic) bond motifs is 1. The van der Waals surface area contributed by atoms with E-state index >= 15 is 0 Å². The van der Waals surface area contributed by atoms with Crippen LogP contribution in [0.3, 0.4) is 0 Å². The van der Waals surface area contributed by atoms with Crippen LogP contribution in [-0.2, 0) is 0 Å². The Morgan fingerprint density at radius 3 is 2.43 bits per heavy atom. The molecule has 1 aromatic heterocycles. The number of aromatic nitrogens is 1. The quantitative estimate of drug-likeness (QED) is 0.442. The summed E-state index contributed by atoms with van der Waals surface area (Å²) in [5.41, 5.74) is 1.19. The minimum atomic E-state index is -0.410. The first-order valence-corrected chi connectivity index (χ1v) is 9.86. The molecule has 0 unspecified atom stereocenters. The predicted molar refractivity (Wildman–Crippen MR) is 117 cm³/mol. The van der Waals surface area contributed by atoms with E-state index in [0.717, 1.165) is 11.3 Å². The molecular weight excluding hydrogens is 402 g/mol. The van der Waals surface area contributed by atoms with E-state index in [1.807, 2.05) is 6.07 Å². The van der Waals surface area contributed by atoms with Gasteiger partial charge in [0.15, 0.2) is 5.13 Å². The Balaban J connectivity index is 1.48. The zero-order chi connectivity index (χ0) is 21.1. The zero-order valence-corrected chi connectivity index (χ0v) is 16.7. The number of carbonyl (C=O) groups excluding carboxylic acids is 2. The molecule has 1 heterocycles. The number of hydrogen-bond donors (Lipinski definition) is 3. The second kappa shape index (κ2) is 8.22. The lowest BCUT2D eigenvalue weighted by Gasteiger charge is -2.08. The highest BCUT2D eigenvalue weighted by Crippen LogP contribution is 2.30. The van der Waals surface area contributed by atoms with Crippen molar-refractivity contribution in [2.45, 2.75) is 0 Å². The minimum Gasteiger partial charge on any atom is -0.507 e. The van der Waals surface area contributed by atoms with Gasteiger partial charge in [-0.2, -0.15) is 0 Å². The van der Waals surface area contributed by atoms with Gasteiger partial charge in [0, 0.05) is 27.4 Å². The van der Waals surface area contributed by atoms with Crippen molar-refractivity contribution in [3.05, 3.63) is 77.3 Å². The number of amides is 2. The molecule has 0 aliphatic carbocycles. The second-order valence-electron chi connectivity index (χ2n) is 6.35. The highest BCUT2D eigenvalue weighted by molar-refractivity contribution is 7.14. The fourth-order valence-corrected chi connectivity index (χ4v) is 3.62. The number of aromatic hydroxyl groups is 1. The third kappa shape index (κ3) is 3.94. The van der Waals surface area contributed by atoms with Gasteiger partial charge in [0.2, 0.25) is 0 Å². The lowest BCUT2D eigenvalue weighted by molar-refractivity contribution is 0.101. The molecule has 3 aromatic carbocycles. The van der Waals surface area contributed by atoms with Crippen molar-refractivity contribution in [3.8, 4) is 11.5 Å². The Morgan fingerprint density at radius 2 is 1.67 bits per heavy atom. The van der Waals surface area contributed by atoms with Crippen molar-refractivity contribution in [1.29, 1.82) is 0 Å². The number of methoxy groups -OCH3 is 1. The first kappa shape index (κ1) is 19.4. The first-order chi connectivity index (χ1) is 14.5. The van der Waals surface area contributed by atoms with Crippen LogP contribution in [0.4, 0.5) is 10.8 Å². The van der Waals surface area contributed by atoms with Crippen molar-refractivity contribution >= 4 is 44.7 Å². The number of nitrogens with zero attached hydrogens (tertiary/aromatic N) is 1. The van der Waals surface area contributed by atoms with Gasteiger partial charge in [-0.1, -0.05) is 24.3 Å². The zero-order valence-electron chi connectivity index (χ0n) is 15.9. The predicted octanol–water partition coefficient (Wildman–Crippen LogP) is 4.52. The molecule has 4 rings (SSSR count). The number of benzene rings is 3. The van der Waals surface area contributed by atoms with Crippen molar-refractivity contribution in [3.63, 3.8) is 0 Å². The van der Waals surface area contributed by atoms with E-state index in [1.165, 1.54) is 0 Å². The maximum absolute atomic E-state index is 12.6. The molecule has 0 fully saturated rings.